The molecule has 84 valence electrons. The van der Waals surface area contributed by atoms with Crippen molar-refractivity contribution in [1.82, 2.24) is 0 Å². The van der Waals surface area contributed by atoms with Gasteiger partial charge in [0, 0.05) is 19.6 Å². The van der Waals surface area contributed by atoms with Crippen LogP contribution in [0, 0.1) is 19.8 Å². The molecule has 1 unspecified atom stereocenters. The van der Waals surface area contributed by atoms with Crippen LogP contribution >= 0.6 is 0 Å². The summed E-state index contributed by atoms with van der Waals surface area (Å²) in [6.07, 6.45) is 0.749. The maximum absolute atomic E-state index is 12.0. The number of hydrogen-bond donors (Lipinski definition) is 0. The van der Waals surface area contributed by atoms with Gasteiger partial charge in [0.15, 0.2) is 5.78 Å². The zero-order valence-corrected chi connectivity index (χ0v) is 9.79. The van der Waals surface area contributed by atoms with Gasteiger partial charge in [0.05, 0.1) is 5.56 Å². The first-order valence-electron chi connectivity index (χ1n) is 5.16. The van der Waals surface area contributed by atoms with Gasteiger partial charge in [-0.15, -0.1) is 0 Å². The molecule has 0 amide bonds. The Balaban J connectivity index is 2.71. The first kappa shape index (κ1) is 12.0. The Kier molecular flexibility index (Phi) is 4.09. The molecular formula is C12H18O3. The Morgan fingerprint density at radius 3 is 2.67 bits per heavy atom. The monoisotopic (exact) mass is 210 g/mol. The van der Waals surface area contributed by atoms with E-state index in [4.69, 9.17) is 9.15 Å². The van der Waals surface area contributed by atoms with E-state index in [1.54, 1.807) is 13.2 Å². The Morgan fingerprint density at radius 1 is 1.53 bits per heavy atom. The van der Waals surface area contributed by atoms with E-state index >= 15 is 0 Å². The van der Waals surface area contributed by atoms with Crippen LogP contribution in [0.15, 0.2) is 10.5 Å². The van der Waals surface area contributed by atoms with E-state index in [0.29, 0.717) is 17.9 Å². The molecule has 1 aromatic rings. The Morgan fingerprint density at radius 2 is 2.20 bits per heavy atom. The lowest BCUT2D eigenvalue weighted by Crippen LogP contribution is -2.13. The number of ketones is 1. The normalized spacial score (nSPS) is 12.8. The molecule has 0 fully saturated rings. The van der Waals surface area contributed by atoms with Crippen molar-refractivity contribution >= 4 is 5.78 Å². The molecule has 0 radical (unpaired) electrons. The Bertz CT molecular complexity index is 339. The zero-order chi connectivity index (χ0) is 11.4. The number of hydrogen-bond acceptors (Lipinski definition) is 3. The molecule has 0 N–H and O–H groups in total. The van der Waals surface area contributed by atoms with Crippen LogP contribution in [0.5, 0.6) is 0 Å². The molecule has 3 nitrogen and oxygen atoms in total. The third-order valence-corrected chi connectivity index (χ3v) is 2.51. The molecule has 0 aliphatic rings. The number of aryl methyl sites for hydroxylation is 2. The predicted octanol–water partition coefficient (Wildman–Crippen LogP) is 2.75. The Hall–Kier alpha value is -1.09. The predicted molar refractivity (Wildman–Crippen MR) is 58.2 cm³/mol. The second-order valence-corrected chi connectivity index (χ2v) is 3.87. The lowest BCUT2D eigenvalue weighted by atomic mass is 9.97. The van der Waals surface area contributed by atoms with Crippen LogP contribution in [0.4, 0.5) is 0 Å². The number of rotatable bonds is 5. The van der Waals surface area contributed by atoms with Crippen molar-refractivity contribution < 1.29 is 13.9 Å². The lowest BCUT2D eigenvalue weighted by Gasteiger charge is -2.08. The molecule has 15 heavy (non-hydrogen) atoms. The molecule has 0 bridgehead atoms. The number of furan rings is 1. The van der Waals surface area contributed by atoms with Gasteiger partial charge in [-0.05, 0) is 26.3 Å². The van der Waals surface area contributed by atoms with Crippen molar-refractivity contribution in [2.45, 2.75) is 27.2 Å². The number of methoxy groups -OCH3 is 1. The van der Waals surface area contributed by atoms with Crippen LogP contribution in [0.1, 0.15) is 35.2 Å². The van der Waals surface area contributed by atoms with Gasteiger partial charge in [-0.2, -0.15) is 0 Å². The van der Waals surface area contributed by atoms with Gasteiger partial charge in [0.1, 0.15) is 11.5 Å². The number of carbonyl (C=O) groups is 1. The van der Waals surface area contributed by atoms with Crippen LogP contribution in [0.2, 0.25) is 0 Å². The molecule has 0 spiro atoms. The highest BCUT2D eigenvalue weighted by Gasteiger charge is 2.19. The molecule has 0 saturated carbocycles. The molecule has 1 atom stereocenters. The SMILES string of the molecule is COCCC(C)C(=O)c1cc(C)oc1C. The highest BCUT2D eigenvalue weighted by Crippen LogP contribution is 2.19. The van der Waals surface area contributed by atoms with E-state index in [0.717, 1.165) is 12.2 Å². The molecule has 0 aliphatic carbocycles. The summed E-state index contributed by atoms with van der Waals surface area (Å²) in [7, 11) is 1.64. The standard InChI is InChI=1S/C12H18O3/c1-8(5-6-14-4)12(13)11-7-9(2)15-10(11)3/h7-8H,5-6H2,1-4H3. The van der Waals surface area contributed by atoms with Crippen LogP contribution in [0.25, 0.3) is 0 Å². The van der Waals surface area contributed by atoms with E-state index in [-0.39, 0.29) is 11.7 Å². The first-order valence-corrected chi connectivity index (χ1v) is 5.16. The van der Waals surface area contributed by atoms with E-state index in [1.165, 1.54) is 0 Å². The van der Waals surface area contributed by atoms with Gasteiger partial charge in [-0.25, -0.2) is 0 Å². The van der Waals surface area contributed by atoms with Crippen molar-refractivity contribution in [2.24, 2.45) is 5.92 Å². The van der Waals surface area contributed by atoms with Gasteiger partial charge in [0.2, 0.25) is 0 Å². The smallest absolute Gasteiger partial charge is 0.169 e. The minimum absolute atomic E-state index is 0.0133. The largest absolute Gasteiger partial charge is 0.466 e. The quantitative estimate of drug-likeness (QED) is 0.701. The fourth-order valence-corrected chi connectivity index (χ4v) is 1.57. The maximum Gasteiger partial charge on any atom is 0.169 e. The van der Waals surface area contributed by atoms with Crippen molar-refractivity contribution in [3.8, 4) is 0 Å². The summed E-state index contributed by atoms with van der Waals surface area (Å²) >= 11 is 0. The van der Waals surface area contributed by atoms with E-state index < -0.39 is 0 Å². The topological polar surface area (TPSA) is 39.4 Å². The van der Waals surface area contributed by atoms with E-state index in [2.05, 4.69) is 0 Å². The van der Waals surface area contributed by atoms with Crippen molar-refractivity contribution in [1.29, 1.82) is 0 Å². The molecule has 1 heterocycles. The van der Waals surface area contributed by atoms with Gasteiger partial charge in [-0.3, -0.25) is 4.79 Å². The minimum atomic E-state index is -0.0133. The molecule has 0 aromatic carbocycles. The fraction of sp³-hybridized carbons (Fsp3) is 0.583. The van der Waals surface area contributed by atoms with Gasteiger partial charge >= 0.3 is 0 Å². The highest BCUT2D eigenvalue weighted by atomic mass is 16.5. The van der Waals surface area contributed by atoms with Crippen molar-refractivity contribution in [3.05, 3.63) is 23.2 Å². The molecular weight excluding hydrogens is 192 g/mol. The number of Topliss-reactive ketones (excluding diaryl/α,β-unsaturated/α-hetero) is 1. The summed E-state index contributed by atoms with van der Waals surface area (Å²) in [5, 5.41) is 0. The highest BCUT2D eigenvalue weighted by molar-refractivity contribution is 5.98. The lowest BCUT2D eigenvalue weighted by molar-refractivity contribution is 0.0892. The summed E-state index contributed by atoms with van der Waals surface area (Å²) < 4.78 is 10.3. The Labute approximate surface area is 90.4 Å². The molecule has 1 rings (SSSR count). The third kappa shape index (κ3) is 2.93. The van der Waals surface area contributed by atoms with Crippen LogP contribution < -0.4 is 0 Å². The van der Waals surface area contributed by atoms with Gasteiger partial charge in [-0.1, -0.05) is 6.92 Å². The number of carbonyl (C=O) groups excluding carboxylic acids is 1. The molecule has 0 saturated heterocycles. The summed E-state index contributed by atoms with van der Waals surface area (Å²) in [4.78, 5) is 12.0. The summed E-state index contributed by atoms with van der Waals surface area (Å²) in [6, 6.07) is 1.81. The van der Waals surface area contributed by atoms with Gasteiger partial charge < -0.3 is 9.15 Å². The van der Waals surface area contributed by atoms with Crippen LogP contribution in [-0.2, 0) is 4.74 Å². The summed E-state index contributed by atoms with van der Waals surface area (Å²) in [5.74, 6) is 1.62. The third-order valence-electron chi connectivity index (χ3n) is 2.51. The minimum Gasteiger partial charge on any atom is -0.466 e. The van der Waals surface area contributed by atoms with Crippen molar-refractivity contribution in [2.75, 3.05) is 13.7 Å². The van der Waals surface area contributed by atoms with E-state index in [9.17, 15) is 4.79 Å². The summed E-state index contributed by atoms with van der Waals surface area (Å²) in [5.41, 5.74) is 0.705. The average Bonchev–Trinajstić information content (AvgIpc) is 2.53. The zero-order valence-electron chi connectivity index (χ0n) is 9.79. The molecule has 0 aliphatic heterocycles. The second-order valence-electron chi connectivity index (χ2n) is 3.87. The first-order chi connectivity index (χ1) is 7.06. The number of ether oxygens (including phenoxy) is 1. The second kappa shape index (κ2) is 5.12. The molecule has 1 aromatic heterocycles. The van der Waals surface area contributed by atoms with E-state index in [1.807, 2.05) is 20.8 Å². The average molecular weight is 210 g/mol. The summed E-state index contributed by atoms with van der Waals surface area (Å²) in [6.45, 7) is 6.21. The fourth-order valence-electron chi connectivity index (χ4n) is 1.57. The molecule has 3 heteroatoms. The maximum atomic E-state index is 12.0. The van der Waals surface area contributed by atoms with Crippen molar-refractivity contribution in [3.63, 3.8) is 0 Å². The van der Waals surface area contributed by atoms with Crippen LogP contribution in [0.3, 0.4) is 0 Å². The van der Waals surface area contributed by atoms with Crippen LogP contribution in [-0.4, -0.2) is 19.5 Å². The van der Waals surface area contributed by atoms with Gasteiger partial charge in [0.25, 0.3) is 0 Å².